The lowest BCUT2D eigenvalue weighted by atomic mass is 10.1. The number of ether oxygens (including phenoxy) is 1. The van der Waals surface area contributed by atoms with E-state index in [1.807, 2.05) is 13.8 Å². The lowest BCUT2D eigenvalue weighted by molar-refractivity contribution is 0.105. The molecular formula is C16H21NO6S. The molecule has 1 unspecified atom stereocenters. The number of hydrogen-bond acceptors (Lipinski definition) is 6. The van der Waals surface area contributed by atoms with E-state index in [4.69, 9.17) is 9.29 Å². The third-order valence-corrected chi connectivity index (χ3v) is 3.62. The molecule has 2 rings (SSSR count). The Labute approximate surface area is 141 Å². The van der Waals surface area contributed by atoms with Crippen molar-refractivity contribution in [3.05, 3.63) is 36.4 Å². The molecule has 7 nitrogen and oxygen atoms in total. The van der Waals surface area contributed by atoms with E-state index in [0.717, 1.165) is 0 Å². The highest BCUT2D eigenvalue weighted by atomic mass is 32.3. The molecule has 0 radical (unpaired) electrons. The molecule has 0 aromatic heterocycles. The smallest absolute Gasteiger partial charge is 0.446 e. The summed E-state index contributed by atoms with van der Waals surface area (Å²) in [6.07, 6.45) is -0.681. The van der Waals surface area contributed by atoms with Crippen LogP contribution in [0.5, 0.6) is 11.5 Å². The Kier molecular flexibility index (Phi) is 6.00. The van der Waals surface area contributed by atoms with Crippen LogP contribution in [0.3, 0.4) is 0 Å². The Morgan fingerprint density at radius 2 is 1.67 bits per heavy atom. The van der Waals surface area contributed by atoms with Gasteiger partial charge in [0, 0.05) is 23.4 Å². The molecule has 0 bridgehead atoms. The van der Waals surface area contributed by atoms with Crippen molar-refractivity contribution in [2.24, 2.45) is 0 Å². The van der Waals surface area contributed by atoms with Crippen molar-refractivity contribution in [2.45, 2.75) is 26.0 Å². The minimum Gasteiger partial charge on any atom is -0.490 e. The minimum atomic E-state index is -4.61. The molecule has 132 valence electrons. The third kappa shape index (κ3) is 5.34. The second-order valence-electron chi connectivity index (χ2n) is 5.65. The first-order valence-corrected chi connectivity index (χ1v) is 8.85. The highest BCUT2D eigenvalue weighted by Gasteiger charge is 2.14. The van der Waals surface area contributed by atoms with Gasteiger partial charge in [0.05, 0.1) is 0 Å². The minimum absolute atomic E-state index is 0.00229. The van der Waals surface area contributed by atoms with Crippen LogP contribution in [0.4, 0.5) is 0 Å². The van der Waals surface area contributed by atoms with E-state index in [9.17, 15) is 13.5 Å². The van der Waals surface area contributed by atoms with Crippen LogP contribution < -0.4 is 14.2 Å². The number of benzene rings is 2. The first-order valence-electron chi connectivity index (χ1n) is 7.49. The van der Waals surface area contributed by atoms with Crippen LogP contribution in [-0.4, -0.2) is 43.4 Å². The quantitative estimate of drug-likeness (QED) is 0.620. The van der Waals surface area contributed by atoms with Crippen LogP contribution in [0.25, 0.3) is 10.8 Å². The summed E-state index contributed by atoms with van der Waals surface area (Å²) in [4.78, 5) is 0. The van der Waals surface area contributed by atoms with Gasteiger partial charge < -0.3 is 19.3 Å². The number of rotatable bonds is 8. The first-order chi connectivity index (χ1) is 11.3. The summed E-state index contributed by atoms with van der Waals surface area (Å²) >= 11 is 0. The molecule has 8 heteroatoms. The molecule has 2 aromatic carbocycles. The highest BCUT2D eigenvalue weighted by Crippen LogP contribution is 2.33. The second-order valence-corrected chi connectivity index (χ2v) is 6.67. The summed E-state index contributed by atoms with van der Waals surface area (Å²) in [5.74, 6) is 0.486. The van der Waals surface area contributed by atoms with Gasteiger partial charge in [-0.1, -0.05) is 38.1 Å². The van der Waals surface area contributed by atoms with Crippen molar-refractivity contribution in [1.82, 2.24) is 5.32 Å². The van der Waals surface area contributed by atoms with Crippen LogP contribution in [0.2, 0.25) is 0 Å². The van der Waals surface area contributed by atoms with Crippen molar-refractivity contribution < 1.29 is 27.0 Å². The summed E-state index contributed by atoms with van der Waals surface area (Å²) in [6.45, 7) is 4.45. The van der Waals surface area contributed by atoms with Gasteiger partial charge in [0.15, 0.2) is 5.75 Å². The predicted octanol–water partition coefficient (Wildman–Crippen LogP) is 1.76. The van der Waals surface area contributed by atoms with Gasteiger partial charge >= 0.3 is 10.4 Å². The maximum Gasteiger partial charge on any atom is 0.446 e. The molecular weight excluding hydrogens is 334 g/mol. The molecule has 0 saturated heterocycles. The maximum absolute atomic E-state index is 10.9. The molecule has 0 saturated carbocycles. The lowest BCUT2D eigenvalue weighted by Gasteiger charge is -2.16. The van der Waals surface area contributed by atoms with E-state index in [1.54, 1.807) is 24.3 Å². The Morgan fingerprint density at radius 1 is 1.08 bits per heavy atom. The summed E-state index contributed by atoms with van der Waals surface area (Å²) in [7, 11) is -4.61. The molecule has 24 heavy (non-hydrogen) atoms. The molecule has 2 aromatic rings. The average Bonchev–Trinajstić information content (AvgIpc) is 2.51. The van der Waals surface area contributed by atoms with E-state index < -0.39 is 16.5 Å². The van der Waals surface area contributed by atoms with Crippen molar-refractivity contribution in [3.63, 3.8) is 0 Å². The number of hydrogen-bond donors (Lipinski definition) is 3. The van der Waals surface area contributed by atoms with Gasteiger partial charge in [-0.05, 0) is 12.1 Å². The van der Waals surface area contributed by atoms with Gasteiger partial charge in [-0.2, -0.15) is 8.42 Å². The average molecular weight is 355 g/mol. The van der Waals surface area contributed by atoms with Gasteiger partial charge in [0.25, 0.3) is 0 Å². The fourth-order valence-electron chi connectivity index (χ4n) is 2.17. The van der Waals surface area contributed by atoms with E-state index in [0.29, 0.717) is 23.1 Å². The summed E-state index contributed by atoms with van der Waals surface area (Å²) in [5, 5.41) is 14.1. The predicted molar refractivity (Wildman–Crippen MR) is 90.8 cm³/mol. The summed E-state index contributed by atoms with van der Waals surface area (Å²) in [5.41, 5.74) is 0. The number of aliphatic hydroxyl groups is 1. The van der Waals surface area contributed by atoms with Gasteiger partial charge in [-0.3, -0.25) is 4.55 Å². The largest absolute Gasteiger partial charge is 0.490 e. The lowest BCUT2D eigenvalue weighted by Crippen LogP contribution is -2.35. The molecule has 0 amide bonds. The molecule has 0 fully saturated rings. The van der Waals surface area contributed by atoms with Gasteiger partial charge in [0.1, 0.15) is 18.5 Å². The van der Waals surface area contributed by atoms with Crippen molar-refractivity contribution in [3.8, 4) is 11.5 Å². The summed E-state index contributed by atoms with van der Waals surface area (Å²) in [6, 6.07) is 10.1. The molecule has 0 aliphatic heterocycles. The fraction of sp³-hybridized carbons (Fsp3) is 0.375. The van der Waals surface area contributed by atoms with Gasteiger partial charge in [-0.15, -0.1) is 0 Å². The normalized spacial score (nSPS) is 13.2. The van der Waals surface area contributed by atoms with E-state index in [1.165, 1.54) is 12.1 Å². The van der Waals surface area contributed by atoms with Crippen LogP contribution in [0.15, 0.2) is 36.4 Å². The monoisotopic (exact) mass is 355 g/mol. The number of aliphatic hydroxyl groups excluding tert-OH is 1. The third-order valence-electron chi connectivity index (χ3n) is 3.23. The Bertz CT molecular complexity index is 790. The van der Waals surface area contributed by atoms with Crippen molar-refractivity contribution in [1.29, 1.82) is 0 Å². The zero-order chi connectivity index (χ0) is 17.7. The van der Waals surface area contributed by atoms with E-state index in [-0.39, 0.29) is 18.4 Å². The van der Waals surface area contributed by atoms with Crippen LogP contribution in [0.1, 0.15) is 13.8 Å². The Hall–Kier alpha value is -1.87. The van der Waals surface area contributed by atoms with Crippen molar-refractivity contribution >= 4 is 21.2 Å². The molecule has 0 spiro atoms. The van der Waals surface area contributed by atoms with Crippen LogP contribution in [-0.2, 0) is 10.4 Å². The van der Waals surface area contributed by atoms with E-state index in [2.05, 4.69) is 9.50 Å². The van der Waals surface area contributed by atoms with Gasteiger partial charge in [0.2, 0.25) is 0 Å². The Balaban J connectivity index is 2.19. The fourth-order valence-corrected chi connectivity index (χ4v) is 2.54. The topological polar surface area (TPSA) is 105 Å². The van der Waals surface area contributed by atoms with E-state index >= 15 is 0 Å². The molecule has 3 N–H and O–H groups in total. The molecule has 0 heterocycles. The SMILES string of the molecule is CC(C)NCC(O)COc1ccc(OS(=O)(=O)O)c2ccccc12. The summed E-state index contributed by atoms with van der Waals surface area (Å²) < 4.78 is 40.9. The first kappa shape index (κ1) is 18.5. The highest BCUT2D eigenvalue weighted by molar-refractivity contribution is 7.81. The van der Waals surface area contributed by atoms with Crippen molar-refractivity contribution in [2.75, 3.05) is 13.2 Å². The zero-order valence-corrected chi connectivity index (χ0v) is 14.3. The van der Waals surface area contributed by atoms with Gasteiger partial charge in [-0.25, -0.2) is 0 Å². The maximum atomic E-state index is 10.9. The molecule has 1 atom stereocenters. The second kappa shape index (κ2) is 7.80. The standard InChI is InChI=1S/C16H21NO6S/c1-11(2)17-9-12(18)10-22-15-7-8-16(23-24(19,20)21)14-6-4-3-5-13(14)15/h3-8,11-12,17-18H,9-10H2,1-2H3,(H,19,20,21). The number of nitrogens with one attached hydrogen (secondary N) is 1. The number of fused-ring (bicyclic) bond motifs is 1. The molecule has 0 aliphatic carbocycles. The van der Waals surface area contributed by atoms with Crippen LogP contribution in [0, 0.1) is 0 Å². The Morgan fingerprint density at radius 3 is 2.25 bits per heavy atom. The zero-order valence-electron chi connectivity index (χ0n) is 13.5. The van der Waals surface area contributed by atoms with Crippen LogP contribution >= 0.6 is 0 Å². The molecule has 0 aliphatic rings.